The summed E-state index contributed by atoms with van der Waals surface area (Å²) in [6, 6.07) is 12.2. The quantitative estimate of drug-likeness (QED) is 0.902. The van der Waals surface area contributed by atoms with Crippen molar-refractivity contribution >= 4 is 0 Å². The lowest BCUT2D eigenvalue weighted by Crippen LogP contribution is -2.16. The molecule has 0 amide bonds. The first kappa shape index (κ1) is 14.6. The minimum absolute atomic E-state index is 0.0219. The summed E-state index contributed by atoms with van der Waals surface area (Å²) < 4.78 is 32.2. The van der Waals surface area contributed by atoms with Crippen LogP contribution < -0.4 is 0 Å². The number of aliphatic hydroxyl groups excluding tert-OH is 1. The van der Waals surface area contributed by atoms with Crippen LogP contribution in [0.25, 0.3) is 0 Å². The second-order valence-corrected chi connectivity index (χ2v) is 4.40. The van der Waals surface area contributed by atoms with E-state index in [1.807, 2.05) is 18.2 Å². The molecule has 0 radical (unpaired) electrons. The van der Waals surface area contributed by atoms with E-state index in [4.69, 9.17) is 4.74 Å². The van der Waals surface area contributed by atoms with E-state index in [1.54, 1.807) is 19.1 Å². The lowest BCUT2D eigenvalue weighted by Gasteiger charge is -2.24. The summed E-state index contributed by atoms with van der Waals surface area (Å²) in [4.78, 5) is 0. The van der Waals surface area contributed by atoms with E-state index in [2.05, 4.69) is 0 Å². The average molecular weight is 278 g/mol. The summed E-state index contributed by atoms with van der Waals surface area (Å²) in [5, 5.41) is 10.3. The van der Waals surface area contributed by atoms with Crippen molar-refractivity contribution in [1.29, 1.82) is 0 Å². The molecule has 2 rings (SSSR count). The van der Waals surface area contributed by atoms with E-state index >= 15 is 0 Å². The number of ether oxygens (including phenoxy) is 1. The summed E-state index contributed by atoms with van der Waals surface area (Å²) in [5.41, 5.74) is 0.763. The topological polar surface area (TPSA) is 29.5 Å². The zero-order chi connectivity index (χ0) is 14.5. The molecule has 0 heterocycles. The lowest BCUT2D eigenvalue weighted by molar-refractivity contribution is -0.0375. The Hall–Kier alpha value is -1.78. The fourth-order valence-corrected chi connectivity index (χ4v) is 2.10. The normalized spacial score (nSPS) is 14.0. The summed E-state index contributed by atoms with van der Waals surface area (Å²) in [6.07, 6.45) is -1.89. The van der Waals surface area contributed by atoms with Crippen LogP contribution in [0.3, 0.4) is 0 Å². The van der Waals surface area contributed by atoms with Gasteiger partial charge in [0.1, 0.15) is 23.8 Å². The first-order chi connectivity index (χ1) is 9.63. The van der Waals surface area contributed by atoms with Gasteiger partial charge in [-0.15, -0.1) is 0 Å². The van der Waals surface area contributed by atoms with Crippen LogP contribution in [-0.2, 0) is 4.74 Å². The van der Waals surface area contributed by atoms with Crippen molar-refractivity contribution in [2.24, 2.45) is 0 Å². The zero-order valence-electron chi connectivity index (χ0n) is 11.1. The minimum Gasteiger partial charge on any atom is -0.385 e. The van der Waals surface area contributed by atoms with Crippen molar-refractivity contribution < 1.29 is 18.6 Å². The Kier molecular flexibility index (Phi) is 4.82. The third-order valence-electron chi connectivity index (χ3n) is 3.04. The van der Waals surface area contributed by atoms with Gasteiger partial charge in [0.25, 0.3) is 0 Å². The maximum atomic E-state index is 13.8. The van der Waals surface area contributed by atoms with Gasteiger partial charge in [-0.2, -0.15) is 0 Å². The molecule has 0 saturated heterocycles. The number of aliphatic hydroxyl groups is 1. The van der Waals surface area contributed by atoms with Crippen LogP contribution in [-0.4, -0.2) is 11.7 Å². The molecule has 0 spiro atoms. The van der Waals surface area contributed by atoms with Crippen LogP contribution >= 0.6 is 0 Å². The van der Waals surface area contributed by atoms with E-state index in [9.17, 15) is 13.9 Å². The van der Waals surface area contributed by atoms with Gasteiger partial charge in [0.2, 0.25) is 0 Å². The molecule has 0 bridgehead atoms. The molecular formula is C16H16F2O2. The maximum absolute atomic E-state index is 13.8. The highest BCUT2D eigenvalue weighted by atomic mass is 19.1. The van der Waals surface area contributed by atoms with Gasteiger partial charge < -0.3 is 9.84 Å². The molecule has 0 aliphatic rings. The van der Waals surface area contributed by atoms with Gasteiger partial charge in [0.15, 0.2) is 0 Å². The third kappa shape index (κ3) is 3.21. The van der Waals surface area contributed by atoms with Gasteiger partial charge >= 0.3 is 0 Å². The van der Waals surface area contributed by atoms with E-state index in [0.717, 1.165) is 17.7 Å². The average Bonchev–Trinajstić information content (AvgIpc) is 2.45. The SMILES string of the molecule is CCOC(c1ccccc1)C(O)c1ccc(F)cc1F. The molecule has 2 unspecified atom stereocenters. The Morgan fingerprint density at radius 2 is 1.80 bits per heavy atom. The Labute approximate surface area is 116 Å². The summed E-state index contributed by atoms with van der Waals surface area (Å²) in [7, 11) is 0. The Bertz CT molecular complexity index is 558. The molecule has 0 fully saturated rings. The van der Waals surface area contributed by atoms with Crippen LogP contribution in [0, 0.1) is 11.6 Å². The Morgan fingerprint density at radius 1 is 1.10 bits per heavy atom. The van der Waals surface area contributed by atoms with Crippen LogP contribution in [0.5, 0.6) is 0 Å². The largest absolute Gasteiger partial charge is 0.385 e. The second kappa shape index (κ2) is 6.59. The smallest absolute Gasteiger partial charge is 0.132 e. The highest BCUT2D eigenvalue weighted by Crippen LogP contribution is 2.33. The van der Waals surface area contributed by atoms with Gasteiger partial charge in [-0.25, -0.2) is 8.78 Å². The highest BCUT2D eigenvalue weighted by Gasteiger charge is 2.25. The molecule has 0 aliphatic carbocycles. The third-order valence-corrected chi connectivity index (χ3v) is 3.04. The maximum Gasteiger partial charge on any atom is 0.132 e. The standard InChI is InChI=1S/C16H16F2O2/c1-2-20-16(11-6-4-3-5-7-11)15(19)13-9-8-12(17)10-14(13)18/h3-10,15-16,19H,2H2,1H3. The van der Waals surface area contributed by atoms with Crippen molar-refractivity contribution in [3.8, 4) is 0 Å². The molecule has 4 heteroatoms. The molecule has 106 valence electrons. The monoisotopic (exact) mass is 278 g/mol. The van der Waals surface area contributed by atoms with E-state index in [0.29, 0.717) is 6.61 Å². The van der Waals surface area contributed by atoms with E-state index < -0.39 is 23.8 Å². The molecule has 20 heavy (non-hydrogen) atoms. The second-order valence-electron chi connectivity index (χ2n) is 4.40. The van der Waals surface area contributed by atoms with Crippen LogP contribution in [0.1, 0.15) is 30.3 Å². The lowest BCUT2D eigenvalue weighted by atomic mass is 9.97. The van der Waals surface area contributed by atoms with Crippen molar-refractivity contribution in [3.63, 3.8) is 0 Å². The predicted molar refractivity (Wildman–Crippen MR) is 72.1 cm³/mol. The number of benzene rings is 2. The first-order valence-electron chi connectivity index (χ1n) is 6.43. The van der Waals surface area contributed by atoms with Gasteiger partial charge in [0, 0.05) is 18.2 Å². The molecule has 2 nitrogen and oxygen atoms in total. The fourth-order valence-electron chi connectivity index (χ4n) is 2.10. The number of hydrogen-bond acceptors (Lipinski definition) is 2. The molecule has 1 N–H and O–H groups in total. The van der Waals surface area contributed by atoms with Crippen molar-refractivity contribution in [1.82, 2.24) is 0 Å². The van der Waals surface area contributed by atoms with Gasteiger partial charge in [-0.05, 0) is 18.6 Å². The predicted octanol–water partition coefficient (Wildman–Crippen LogP) is 3.78. The van der Waals surface area contributed by atoms with Crippen molar-refractivity contribution in [2.75, 3.05) is 6.61 Å². The van der Waals surface area contributed by atoms with Crippen molar-refractivity contribution in [3.05, 3.63) is 71.3 Å². The number of rotatable bonds is 5. The molecular weight excluding hydrogens is 262 g/mol. The zero-order valence-corrected chi connectivity index (χ0v) is 11.1. The Morgan fingerprint density at radius 3 is 2.40 bits per heavy atom. The first-order valence-corrected chi connectivity index (χ1v) is 6.43. The van der Waals surface area contributed by atoms with Gasteiger partial charge in [-0.1, -0.05) is 36.4 Å². The Balaban J connectivity index is 2.34. The summed E-state index contributed by atoms with van der Waals surface area (Å²) in [6.45, 7) is 2.17. The molecule has 2 aromatic rings. The fraction of sp³-hybridized carbons (Fsp3) is 0.250. The molecule has 0 aromatic heterocycles. The molecule has 2 atom stereocenters. The number of hydrogen-bond donors (Lipinski definition) is 1. The van der Waals surface area contributed by atoms with Gasteiger partial charge in [0.05, 0.1) is 0 Å². The van der Waals surface area contributed by atoms with E-state index in [1.165, 1.54) is 6.07 Å². The van der Waals surface area contributed by atoms with Crippen LogP contribution in [0.4, 0.5) is 8.78 Å². The summed E-state index contributed by atoms with van der Waals surface area (Å²) in [5.74, 6) is -1.45. The molecule has 0 aliphatic heterocycles. The van der Waals surface area contributed by atoms with Crippen LogP contribution in [0.2, 0.25) is 0 Å². The van der Waals surface area contributed by atoms with Crippen molar-refractivity contribution in [2.45, 2.75) is 19.1 Å². The number of halogens is 2. The van der Waals surface area contributed by atoms with E-state index in [-0.39, 0.29) is 5.56 Å². The summed E-state index contributed by atoms with van der Waals surface area (Å²) >= 11 is 0. The molecule has 0 saturated carbocycles. The highest BCUT2D eigenvalue weighted by molar-refractivity contribution is 5.26. The van der Waals surface area contributed by atoms with Crippen LogP contribution in [0.15, 0.2) is 48.5 Å². The van der Waals surface area contributed by atoms with Gasteiger partial charge in [-0.3, -0.25) is 0 Å². The minimum atomic E-state index is -1.20. The molecule has 2 aromatic carbocycles.